The van der Waals surface area contributed by atoms with E-state index in [2.05, 4.69) is 0 Å². The van der Waals surface area contributed by atoms with Gasteiger partial charge < -0.3 is 0 Å². The second-order valence-corrected chi connectivity index (χ2v) is 5.82. The van der Waals surface area contributed by atoms with E-state index in [0.29, 0.717) is 17.3 Å². The van der Waals surface area contributed by atoms with Crippen LogP contribution in [0.15, 0.2) is 65.6 Å². The Morgan fingerprint density at radius 2 is 1.33 bits per heavy atom. The standard InChI is InChI=1S/C19H10F3NS/c20-16-8-13(12-4-2-1-3-5-12)6-7-15(16)14-9-17(21)19(24-11-23)18(22)10-14/h1-10H. The van der Waals surface area contributed by atoms with Gasteiger partial charge in [-0.05, 0) is 46.7 Å². The van der Waals surface area contributed by atoms with Gasteiger partial charge in [-0.3, -0.25) is 0 Å². The van der Waals surface area contributed by atoms with E-state index in [1.54, 1.807) is 11.5 Å². The van der Waals surface area contributed by atoms with Gasteiger partial charge in [0.15, 0.2) is 0 Å². The highest BCUT2D eigenvalue weighted by molar-refractivity contribution is 8.03. The van der Waals surface area contributed by atoms with E-state index in [0.717, 1.165) is 17.7 Å². The lowest BCUT2D eigenvalue weighted by Gasteiger charge is -2.09. The summed E-state index contributed by atoms with van der Waals surface area (Å²) in [4.78, 5) is -0.387. The molecule has 24 heavy (non-hydrogen) atoms. The lowest BCUT2D eigenvalue weighted by atomic mass is 9.99. The molecule has 3 aromatic carbocycles. The van der Waals surface area contributed by atoms with Crippen LogP contribution in [0.25, 0.3) is 22.3 Å². The van der Waals surface area contributed by atoms with Crippen LogP contribution in [0.2, 0.25) is 0 Å². The Kier molecular flexibility index (Phi) is 4.59. The van der Waals surface area contributed by atoms with Crippen molar-refractivity contribution < 1.29 is 13.2 Å². The third-order valence-corrected chi connectivity index (χ3v) is 4.22. The number of thioether (sulfide) groups is 1. The van der Waals surface area contributed by atoms with Crippen molar-refractivity contribution in [3.63, 3.8) is 0 Å². The molecule has 3 rings (SSSR count). The first-order chi connectivity index (χ1) is 11.6. The summed E-state index contributed by atoms with van der Waals surface area (Å²) in [6, 6.07) is 15.8. The summed E-state index contributed by atoms with van der Waals surface area (Å²) < 4.78 is 42.3. The average molecular weight is 341 g/mol. The summed E-state index contributed by atoms with van der Waals surface area (Å²) >= 11 is 0.398. The maximum Gasteiger partial charge on any atom is 0.141 e. The maximum atomic E-state index is 14.4. The summed E-state index contributed by atoms with van der Waals surface area (Å²) in [5.41, 5.74) is 1.71. The fourth-order valence-electron chi connectivity index (χ4n) is 2.42. The van der Waals surface area contributed by atoms with E-state index in [4.69, 9.17) is 5.26 Å². The fourth-order valence-corrected chi connectivity index (χ4v) is 2.82. The Morgan fingerprint density at radius 3 is 1.92 bits per heavy atom. The van der Waals surface area contributed by atoms with Crippen LogP contribution in [-0.2, 0) is 0 Å². The van der Waals surface area contributed by atoms with Crippen LogP contribution < -0.4 is 0 Å². The van der Waals surface area contributed by atoms with Gasteiger partial charge in [-0.15, -0.1) is 0 Å². The second-order valence-electron chi connectivity index (χ2n) is 5.02. The van der Waals surface area contributed by atoms with Crippen molar-refractivity contribution in [2.45, 2.75) is 4.90 Å². The third-order valence-electron chi connectivity index (χ3n) is 3.53. The fraction of sp³-hybridized carbons (Fsp3) is 0. The van der Waals surface area contributed by atoms with E-state index in [9.17, 15) is 13.2 Å². The van der Waals surface area contributed by atoms with E-state index in [1.807, 2.05) is 30.3 Å². The van der Waals surface area contributed by atoms with E-state index < -0.39 is 17.5 Å². The number of hydrogen-bond acceptors (Lipinski definition) is 2. The SMILES string of the molecule is N#CSc1c(F)cc(-c2ccc(-c3ccccc3)cc2F)cc1F. The summed E-state index contributed by atoms with van der Waals surface area (Å²) in [6.07, 6.45) is 0. The first-order valence-corrected chi connectivity index (χ1v) is 7.82. The minimum atomic E-state index is -0.886. The average Bonchev–Trinajstić information content (AvgIpc) is 2.58. The van der Waals surface area contributed by atoms with Crippen molar-refractivity contribution in [1.29, 1.82) is 5.26 Å². The van der Waals surface area contributed by atoms with Crippen LogP contribution >= 0.6 is 11.8 Å². The molecule has 118 valence electrons. The van der Waals surface area contributed by atoms with Crippen molar-refractivity contribution >= 4 is 11.8 Å². The number of nitriles is 1. The van der Waals surface area contributed by atoms with E-state index in [-0.39, 0.29) is 16.0 Å². The zero-order chi connectivity index (χ0) is 17.1. The summed E-state index contributed by atoms with van der Waals surface area (Å²) in [7, 11) is 0. The molecule has 0 saturated heterocycles. The highest BCUT2D eigenvalue weighted by Crippen LogP contribution is 2.32. The molecule has 3 aromatic rings. The minimum absolute atomic E-state index is 0.0874. The molecule has 0 atom stereocenters. The van der Waals surface area contributed by atoms with Crippen LogP contribution in [0.1, 0.15) is 0 Å². The number of nitrogens with zero attached hydrogens (tertiary/aromatic N) is 1. The first kappa shape index (κ1) is 16.2. The molecule has 0 aliphatic rings. The molecule has 0 spiro atoms. The van der Waals surface area contributed by atoms with Crippen LogP contribution in [0.5, 0.6) is 0 Å². The van der Waals surface area contributed by atoms with Gasteiger partial charge >= 0.3 is 0 Å². The van der Waals surface area contributed by atoms with Crippen LogP contribution in [0, 0.1) is 28.1 Å². The van der Waals surface area contributed by atoms with Crippen molar-refractivity contribution in [2.24, 2.45) is 0 Å². The zero-order valence-electron chi connectivity index (χ0n) is 12.3. The number of hydrogen-bond donors (Lipinski definition) is 0. The van der Waals surface area contributed by atoms with Gasteiger partial charge in [0.1, 0.15) is 22.9 Å². The Balaban J connectivity index is 2.04. The molecule has 0 unspecified atom stereocenters. The van der Waals surface area contributed by atoms with Crippen LogP contribution in [-0.4, -0.2) is 0 Å². The molecule has 0 aromatic heterocycles. The normalized spacial score (nSPS) is 10.4. The highest BCUT2D eigenvalue weighted by atomic mass is 32.2. The Morgan fingerprint density at radius 1 is 0.708 bits per heavy atom. The van der Waals surface area contributed by atoms with Crippen LogP contribution in [0.4, 0.5) is 13.2 Å². The molecule has 0 aliphatic heterocycles. The first-order valence-electron chi connectivity index (χ1n) is 7.00. The number of rotatable bonds is 3. The predicted molar refractivity (Wildman–Crippen MR) is 88.7 cm³/mol. The van der Waals surface area contributed by atoms with Gasteiger partial charge in [0.2, 0.25) is 0 Å². The second kappa shape index (κ2) is 6.81. The lowest BCUT2D eigenvalue weighted by Crippen LogP contribution is -1.92. The quantitative estimate of drug-likeness (QED) is 0.430. The molecule has 0 N–H and O–H groups in total. The van der Waals surface area contributed by atoms with Gasteiger partial charge in [0.05, 0.1) is 4.90 Å². The van der Waals surface area contributed by atoms with Gasteiger partial charge in [-0.1, -0.05) is 42.5 Å². The minimum Gasteiger partial charge on any atom is -0.206 e. The smallest absolute Gasteiger partial charge is 0.141 e. The molecule has 0 fully saturated rings. The Labute approximate surface area is 141 Å². The Hall–Kier alpha value is -2.71. The zero-order valence-corrected chi connectivity index (χ0v) is 13.1. The van der Waals surface area contributed by atoms with Gasteiger partial charge in [-0.2, -0.15) is 5.26 Å². The van der Waals surface area contributed by atoms with Crippen molar-refractivity contribution in [3.05, 3.63) is 78.1 Å². The summed E-state index contributed by atoms with van der Waals surface area (Å²) in [5, 5.41) is 10.2. The molecule has 5 heteroatoms. The van der Waals surface area contributed by atoms with Gasteiger partial charge in [0, 0.05) is 5.56 Å². The molecular formula is C19H10F3NS. The summed E-state index contributed by atoms with van der Waals surface area (Å²) in [6.45, 7) is 0. The van der Waals surface area contributed by atoms with Crippen LogP contribution in [0.3, 0.4) is 0 Å². The monoisotopic (exact) mass is 341 g/mol. The highest BCUT2D eigenvalue weighted by Gasteiger charge is 2.15. The topological polar surface area (TPSA) is 23.8 Å². The molecule has 0 aliphatic carbocycles. The van der Waals surface area contributed by atoms with Gasteiger partial charge in [0.25, 0.3) is 0 Å². The molecule has 0 radical (unpaired) electrons. The number of thiocyanates is 1. The molecule has 0 bridgehead atoms. The molecular weight excluding hydrogens is 331 g/mol. The molecule has 1 nitrogen and oxygen atoms in total. The van der Waals surface area contributed by atoms with E-state index >= 15 is 0 Å². The third kappa shape index (κ3) is 3.15. The molecule has 0 amide bonds. The van der Waals surface area contributed by atoms with E-state index in [1.165, 1.54) is 12.1 Å². The van der Waals surface area contributed by atoms with Crippen molar-refractivity contribution in [3.8, 4) is 27.7 Å². The lowest BCUT2D eigenvalue weighted by molar-refractivity contribution is 0.541. The molecule has 0 heterocycles. The number of halogens is 3. The van der Waals surface area contributed by atoms with Crippen molar-refractivity contribution in [2.75, 3.05) is 0 Å². The summed E-state index contributed by atoms with van der Waals surface area (Å²) in [5.74, 6) is -2.35. The van der Waals surface area contributed by atoms with Gasteiger partial charge in [-0.25, -0.2) is 13.2 Å². The maximum absolute atomic E-state index is 14.4. The molecule has 0 saturated carbocycles. The Bertz CT molecular complexity index is 910. The largest absolute Gasteiger partial charge is 0.206 e. The predicted octanol–water partition coefficient (Wildman–Crippen LogP) is 6.01. The van der Waals surface area contributed by atoms with Crippen molar-refractivity contribution in [1.82, 2.24) is 0 Å². The number of benzene rings is 3.